The number of aromatic nitrogens is 3. The lowest BCUT2D eigenvalue weighted by molar-refractivity contribution is -0.0596. The van der Waals surface area contributed by atoms with Crippen LogP contribution < -0.4 is 9.64 Å². The van der Waals surface area contributed by atoms with Gasteiger partial charge in [0.25, 0.3) is 0 Å². The predicted molar refractivity (Wildman–Crippen MR) is 163 cm³/mol. The van der Waals surface area contributed by atoms with Crippen molar-refractivity contribution in [3.05, 3.63) is 82.9 Å². The first-order chi connectivity index (χ1) is 21.9. The number of nitriles is 1. The minimum absolute atomic E-state index is 0.0213. The van der Waals surface area contributed by atoms with E-state index in [1.165, 1.54) is 19.2 Å². The van der Waals surface area contributed by atoms with E-state index in [0.717, 1.165) is 29.9 Å². The smallest absolute Gasteiger partial charge is 0.337 e. The molecule has 0 bridgehead atoms. The fourth-order valence-corrected chi connectivity index (χ4v) is 5.97. The number of aliphatic hydroxyl groups excluding tert-OH is 1. The van der Waals surface area contributed by atoms with Crippen molar-refractivity contribution in [1.29, 1.82) is 5.26 Å². The second kappa shape index (κ2) is 13.2. The Labute approximate surface area is 260 Å². The fraction of sp³-hybridized carbons (Fsp3) is 0.394. The quantitative estimate of drug-likeness (QED) is 0.263. The number of halogens is 1. The molecule has 0 radical (unpaired) electrons. The van der Waals surface area contributed by atoms with Gasteiger partial charge in [-0.1, -0.05) is 12.1 Å². The Morgan fingerprint density at radius 1 is 1.20 bits per heavy atom. The van der Waals surface area contributed by atoms with Crippen molar-refractivity contribution in [2.45, 2.75) is 44.7 Å². The molecule has 0 spiro atoms. The van der Waals surface area contributed by atoms with Gasteiger partial charge in [-0.2, -0.15) is 10.2 Å². The highest BCUT2D eigenvalue weighted by Crippen LogP contribution is 2.31. The van der Waals surface area contributed by atoms with Crippen molar-refractivity contribution >= 4 is 22.8 Å². The largest absolute Gasteiger partial charge is 0.473 e. The number of pyridine rings is 1. The number of nitrogens with zero attached hydrogens (tertiary/aromatic N) is 6. The first kappa shape index (κ1) is 30.5. The summed E-state index contributed by atoms with van der Waals surface area (Å²) in [5.74, 6) is 0.992. The van der Waals surface area contributed by atoms with E-state index in [9.17, 15) is 14.3 Å². The molecule has 6 rings (SSSR count). The predicted octanol–water partition coefficient (Wildman–Crippen LogP) is 3.84. The Morgan fingerprint density at radius 2 is 2.04 bits per heavy atom. The fourth-order valence-electron chi connectivity index (χ4n) is 5.97. The number of hydrogen-bond donors (Lipinski definition) is 1. The van der Waals surface area contributed by atoms with Crippen LogP contribution in [0.25, 0.3) is 11.0 Å². The van der Waals surface area contributed by atoms with Crippen molar-refractivity contribution in [3.8, 4) is 11.9 Å². The second-order valence-electron chi connectivity index (χ2n) is 11.3. The number of methoxy groups -OCH3 is 1. The molecule has 2 aromatic heterocycles. The summed E-state index contributed by atoms with van der Waals surface area (Å²) < 4.78 is 33.0. The lowest BCUT2D eigenvalue weighted by Crippen LogP contribution is -2.55. The second-order valence-corrected chi connectivity index (χ2v) is 11.3. The van der Waals surface area contributed by atoms with Gasteiger partial charge in [-0.25, -0.2) is 14.2 Å². The summed E-state index contributed by atoms with van der Waals surface area (Å²) in [5, 5.41) is 19.5. The number of anilines is 1. The number of piperazine rings is 1. The Kier molecular flexibility index (Phi) is 8.93. The van der Waals surface area contributed by atoms with Crippen molar-refractivity contribution in [2.24, 2.45) is 0 Å². The van der Waals surface area contributed by atoms with Crippen LogP contribution in [0.5, 0.6) is 5.88 Å². The summed E-state index contributed by atoms with van der Waals surface area (Å²) in [5.41, 5.74) is 2.67. The van der Waals surface area contributed by atoms with Crippen LogP contribution in [-0.2, 0) is 22.6 Å². The van der Waals surface area contributed by atoms with Crippen LogP contribution in [0.15, 0.2) is 54.6 Å². The number of aliphatic hydroxyl groups is 1. The monoisotopic (exact) mass is 614 g/mol. The summed E-state index contributed by atoms with van der Waals surface area (Å²) in [4.78, 5) is 26.3. The van der Waals surface area contributed by atoms with Gasteiger partial charge in [0.05, 0.1) is 66.7 Å². The molecule has 1 unspecified atom stereocenters. The number of carbonyl (C=O) groups is 1. The zero-order valence-corrected chi connectivity index (χ0v) is 25.2. The van der Waals surface area contributed by atoms with Gasteiger partial charge < -0.3 is 28.8 Å². The minimum atomic E-state index is -0.501. The Bertz CT molecular complexity index is 1730. The van der Waals surface area contributed by atoms with Gasteiger partial charge in [0, 0.05) is 37.9 Å². The van der Waals surface area contributed by atoms with E-state index in [0.29, 0.717) is 49.0 Å². The molecule has 2 saturated heterocycles. The van der Waals surface area contributed by atoms with Gasteiger partial charge >= 0.3 is 5.97 Å². The van der Waals surface area contributed by atoms with E-state index in [4.69, 9.17) is 24.5 Å². The molecule has 4 aromatic rings. The molecule has 11 nitrogen and oxygen atoms in total. The number of hydrogen-bond acceptors (Lipinski definition) is 10. The van der Waals surface area contributed by atoms with Crippen molar-refractivity contribution in [2.75, 3.05) is 44.9 Å². The van der Waals surface area contributed by atoms with E-state index in [1.807, 2.05) is 30.3 Å². The normalized spacial score (nSPS) is 19.1. The molecule has 2 fully saturated rings. The molecule has 3 atom stereocenters. The van der Waals surface area contributed by atoms with E-state index >= 15 is 0 Å². The summed E-state index contributed by atoms with van der Waals surface area (Å²) in [6.45, 7) is 5.18. The minimum Gasteiger partial charge on any atom is -0.473 e. The number of fused-ring (bicyclic) bond motifs is 1. The number of imidazole rings is 1. The van der Waals surface area contributed by atoms with Crippen LogP contribution in [0.3, 0.4) is 0 Å². The number of esters is 1. The van der Waals surface area contributed by atoms with Gasteiger partial charge in [0.2, 0.25) is 5.88 Å². The van der Waals surface area contributed by atoms with Crippen LogP contribution in [-0.4, -0.2) is 82.6 Å². The highest BCUT2D eigenvalue weighted by molar-refractivity contribution is 5.93. The number of rotatable bonds is 10. The van der Waals surface area contributed by atoms with Gasteiger partial charge in [-0.05, 0) is 49.7 Å². The molecule has 0 saturated carbocycles. The molecule has 4 heterocycles. The average molecular weight is 615 g/mol. The molecule has 45 heavy (non-hydrogen) atoms. The third-order valence-corrected chi connectivity index (χ3v) is 8.58. The lowest BCUT2D eigenvalue weighted by atomic mass is 10.1. The molecule has 12 heteroatoms. The van der Waals surface area contributed by atoms with Crippen molar-refractivity contribution in [1.82, 2.24) is 19.4 Å². The third kappa shape index (κ3) is 6.33. The Balaban J connectivity index is 1.19. The lowest BCUT2D eigenvalue weighted by Gasteiger charge is -2.44. The summed E-state index contributed by atoms with van der Waals surface area (Å²) in [6.07, 6.45) is 1.04. The third-order valence-electron chi connectivity index (χ3n) is 8.58. The van der Waals surface area contributed by atoms with E-state index in [-0.39, 0.29) is 37.0 Å². The molecular formula is C33H35FN6O5. The van der Waals surface area contributed by atoms with Gasteiger partial charge in [-0.15, -0.1) is 0 Å². The maximum Gasteiger partial charge on any atom is 0.337 e. The number of benzene rings is 2. The summed E-state index contributed by atoms with van der Waals surface area (Å²) in [6, 6.07) is 16.7. The maximum atomic E-state index is 14.3. The highest BCUT2D eigenvalue weighted by Gasteiger charge is 2.34. The summed E-state index contributed by atoms with van der Waals surface area (Å²) >= 11 is 0. The summed E-state index contributed by atoms with van der Waals surface area (Å²) in [7, 11) is 1.37. The van der Waals surface area contributed by atoms with Crippen molar-refractivity contribution < 1.29 is 28.5 Å². The molecule has 234 valence electrons. The number of carbonyl (C=O) groups excluding carboxylic acids is 1. The average Bonchev–Trinajstić information content (AvgIpc) is 3.42. The van der Waals surface area contributed by atoms with Crippen LogP contribution in [0, 0.1) is 17.1 Å². The Hall–Kier alpha value is -4.57. The Morgan fingerprint density at radius 3 is 2.76 bits per heavy atom. The van der Waals surface area contributed by atoms with Gasteiger partial charge in [0.1, 0.15) is 24.1 Å². The maximum absolute atomic E-state index is 14.3. The standard InChI is InChI=1S/C33H35FN6O5/c1-21(32-36-28-9-8-23(33(42)43-2)15-29(28)40(32)18-26-10-13-44-26)39-12-11-38(17-25(39)19-41)30-4-3-5-31(37-30)45-20-24-7-6-22(16-35)14-27(24)34/h3-9,14-15,21,25-26,41H,10-13,17-20H2,1-2H3/t21?,25-,26+/m1/s1. The zero-order chi connectivity index (χ0) is 31.5. The van der Waals surface area contributed by atoms with E-state index < -0.39 is 11.8 Å². The van der Waals surface area contributed by atoms with Crippen LogP contribution >= 0.6 is 0 Å². The topological polar surface area (TPSA) is 126 Å². The van der Waals surface area contributed by atoms with Gasteiger partial charge in [0.15, 0.2) is 0 Å². The number of ether oxygens (including phenoxy) is 3. The van der Waals surface area contributed by atoms with E-state index in [1.54, 1.807) is 18.2 Å². The molecule has 2 aliphatic heterocycles. The molecule has 2 aliphatic rings. The SMILES string of the molecule is COC(=O)c1ccc2nc(C(C)N3CCN(c4cccc(OCc5ccc(C#N)cc5F)n4)C[C@@H]3CO)n(C[C@@H]3CCO3)c2c1. The molecule has 2 aromatic carbocycles. The van der Waals surface area contributed by atoms with Crippen LogP contribution in [0.1, 0.15) is 46.7 Å². The van der Waals surface area contributed by atoms with Gasteiger partial charge in [-0.3, -0.25) is 4.90 Å². The first-order valence-corrected chi connectivity index (χ1v) is 15.0. The highest BCUT2D eigenvalue weighted by atomic mass is 19.1. The van der Waals surface area contributed by atoms with E-state index in [2.05, 4.69) is 26.3 Å². The molecule has 1 N–H and O–H groups in total. The van der Waals surface area contributed by atoms with Crippen LogP contribution in [0.2, 0.25) is 0 Å². The zero-order valence-electron chi connectivity index (χ0n) is 25.2. The van der Waals surface area contributed by atoms with Crippen LogP contribution in [0.4, 0.5) is 10.2 Å². The molecule has 0 aliphatic carbocycles. The molecular weight excluding hydrogens is 579 g/mol. The van der Waals surface area contributed by atoms with Crippen molar-refractivity contribution in [3.63, 3.8) is 0 Å². The molecule has 0 amide bonds. The first-order valence-electron chi connectivity index (χ1n) is 15.0.